The summed E-state index contributed by atoms with van der Waals surface area (Å²) in [5.41, 5.74) is 1.68. The van der Waals surface area contributed by atoms with E-state index in [0.29, 0.717) is 11.4 Å². The van der Waals surface area contributed by atoms with Gasteiger partial charge in [-0.2, -0.15) is 10.4 Å². The number of para-hydroxylation sites is 1. The van der Waals surface area contributed by atoms with Gasteiger partial charge < -0.3 is 10.1 Å². The van der Waals surface area contributed by atoms with Crippen LogP contribution in [-0.2, 0) is 9.53 Å². The van der Waals surface area contributed by atoms with E-state index in [-0.39, 0.29) is 24.3 Å². The van der Waals surface area contributed by atoms with Gasteiger partial charge in [-0.25, -0.2) is 4.68 Å². The zero-order valence-electron chi connectivity index (χ0n) is 12.8. The van der Waals surface area contributed by atoms with Crippen LogP contribution in [0, 0.1) is 18.3 Å². The Morgan fingerprint density at radius 2 is 2.09 bits per heavy atom. The molecule has 1 aromatic heterocycles. The van der Waals surface area contributed by atoms with Crippen molar-refractivity contribution in [2.24, 2.45) is 0 Å². The van der Waals surface area contributed by atoms with Crippen molar-refractivity contribution in [2.45, 2.75) is 26.9 Å². The van der Waals surface area contributed by atoms with Crippen molar-refractivity contribution in [3.05, 3.63) is 41.6 Å². The van der Waals surface area contributed by atoms with Crippen LogP contribution in [0.5, 0.6) is 0 Å². The predicted molar refractivity (Wildman–Crippen MR) is 82.7 cm³/mol. The molecule has 2 aromatic rings. The number of benzene rings is 1. The predicted octanol–water partition coefficient (Wildman–Crippen LogP) is 2.42. The number of ether oxygens (including phenoxy) is 1. The third-order valence-corrected chi connectivity index (χ3v) is 3.03. The number of rotatable bonds is 5. The smallest absolute Gasteiger partial charge is 0.251 e. The zero-order chi connectivity index (χ0) is 16.1. The van der Waals surface area contributed by atoms with Crippen LogP contribution in [0.15, 0.2) is 30.3 Å². The highest BCUT2D eigenvalue weighted by atomic mass is 16.5. The van der Waals surface area contributed by atoms with Crippen LogP contribution >= 0.6 is 0 Å². The van der Waals surface area contributed by atoms with Gasteiger partial charge >= 0.3 is 0 Å². The van der Waals surface area contributed by atoms with E-state index in [1.165, 1.54) is 0 Å². The number of nitrogens with one attached hydrogen (secondary N) is 1. The van der Waals surface area contributed by atoms with E-state index in [1.54, 1.807) is 11.6 Å². The molecule has 0 aliphatic carbocycles. The average molecular weight is 298 g/mol. The number of nitriles is 1. The Bertz CT molecular complexity index is 699. The number of aromatic nitrogens is 2. The molecule has 0 bridgehead atoms. The monoisotopic (exact) mass is 298 g/mol. The van der Waals surface area contributed by atoms with Crippen molar-refractivity contribution in [1.82, 2.24) is 9.78 Å². The lowest BCUT2D eigenvalue weighted by Gasteiger charge is -2.11. The molecule has 22 heavy (non-hydrogen) atoms. The summed E-state index contributed by atoms with van der Waals surface area (Å²) in [7, 11) is 0. The van der Waals surface area contributed by atoms with E-state index in [2.05, 4.69) is 10.4 Å². The fourth-order valence-corrected chi connectivity index (χ4v) is 1.92. The van der Waals surface area contributed by atoms with Crippen molar-refractivity contribution in [3.8, 4) is 11.8 Å². The fraction of sp³-hybridized carbons (Fsp3) is 0.312. The lowest BCUT2D eigenvalue weighted by Crippen LogP contribution is -2.22. The highest BCUT2D eigenvalue weighted by Crippen LogP contribution is 2.22. The van der Waals surface area contributed by atoms with E-state index in [9.17, 15) is 4.79 Å². The number of carbonyl (C=O) groups excluding carboxylic acids is 1. The lowest BCUT2D eigenvalue weighted by molar-refractivity contribution is -0.122. The van der Waals surface area contributed by atoms with Crippen LogP contribution in [0.4, 0.5) is 5.82 Å². The van der Waals surface area contributed by atoms with Crippen LogP contribution < -0.4 is 5.32 Å². The summed E-state index contributed by atoms with van der Waals surface area (Å²) in [5.74, 6) is 0.207. The maximum absolute atomic E-state index is 12.0. The molecule has 0 atom stereocenters. The summed E-state index contributed by atoms with van der Waals surface area (Å²) < 4.78 is 6.84. The molecule has 114 valence electrons. The number of anilines is 1. The van der Waals surface area contributed by atoms with Crippen molar-refractivity contribution in [1.29, 1.82) is 5.26 Å². The minimum Gasteiger partial charge on any atom is -0.369 e. The summed E-state index contributed by atoms with van der Waals surface area (Å²) in [4.78, 5) is 12.0. The van der Waals surface area contributed by atoms with Crippen LogP contribution in [0.3, 0.4) is 0 Å². The number of amides is 1. The number of carbonyl (C=O) groups is 1. The zero-order valence-corrected chi connectivity index (χ0v) is 12.8. The molecule has 0 aliphatic rings. The van der Waals surface area contributed by atoms with Gasteiger partial charge in [0.15, 0.2) is 5.69 Å². The summed E-state index contributed by atoms with van der Waals surface area (Å²) in [6.07, 6.45) is -0.0273. The first kappa shape index (κ1) is 15.7. The van der Waals surface area contributed by atoms with Gasteiger partial charge in [-0.05, 0) is 32.9 Å². The second-order valence-electron chi connectivity index (χ2n) is 5.09. The lowest BCUT2D eigenvalue weighted by atomic mass is 10.2. The molecule has 0 spiro atoms. The van der Waals surface area contributed by atoms with E-state index >= 15 is 0 Å². The van der Waals surface area contributed by atoms with Crippen LogP contribution in [-0.4, -0.2) is 28.4 Å². The molecule has 2 rings (SSSR count). The quantitative estimate of drug-likeness (QED) is 0.919. The largest absolute Gasteiger partial charge is 0.369 e. The third kappa shape index (κ3) is 3.51. The van der Waals surface area contributed by atoms with Gasteiger partial charge in [0.05, 0.1) is 11.8 Å². The maximum atomic E-state index is 12.0. The number of hydrogen-bond acceptors (Lipinski definition) is 4. The molecule has 1 amide bonds. The molecule has 0 aliphatic heterocycles. The molecule has 0 saturated carbocycles. The second-order valence-corrected chi connectivity index (χ2v) is 5.09. The molecular weight excluding hydrogens is 280 g/mol. The van der Waals surface area contributed by atoms with Gasteiger partial charge in [-0.3, -0.25) is 4.79 Å². The van der Waals surface area contributed by atoms with Crippen molar-refractivity contribution < 1.29 is 9.53 Å². The van der Waals surface area contributed by atoms with Gasteiger partial charge in [0, 0.05) is 5.56 Å². The first-order valence-corrected chi connectivity index (χ1v) is 6.99. The molecule has 1 heterocycles. The summed E-state index contributed by atoms with van der Waals surface area (Å²) >= 11 is 0. The highest BCUT2D eigenvalue weighted by Gasteiger charge is 2.17. The van der Waals surface area contributed by atoms with E-state index in [4.69, 9.17) is 10.00 Å². The Balaban J connectivity index is 2.32. The van der Waals surface area contributed by atoms with E-state index < -0.39 is 0 Å². The number of hydrogen-bond donors (Lipinski definition) is 1. The summed E-state index contributed by atoms with van der Waals surface area (Å²) in [6.45, 7) is 5.43. The van der Waals surface area contributed by atoms with Gasteiger partial charge in [-0.15, -0.1) is 0 Å². The Hall–Kier alpha value is -2.65. The van der Waals surface area contributed by atoms with Crippen LogP contribution in [0.2, 0.25) is 0 Å². The van der Waals surface area contributed by atoms with Gasteiger partial charge in [-0.1, -0.05) is 18.2 Å². The van der Waals surface area contributed by atoms with E-state index in [0.717, 1.165) is 5.69 Å². The normalized spacial score (nSPS) is 10.5. The average Bonchev–Trinajstić information content (AvgIpc) is 2.83. The second kappa shape index (κ2) is 6.87. The number of nitrogens with zero attached hydrogens (tertiary/aromatic N) is 3. The molecule has 1 aromatic carbocycles. The molecule has 1 N–H and O–H groups in total. The van der Waals surface area contributed by atoms with Gasteiger partial charge in [0.2, 0.25) is 0 Å². The molecular formula is C16H18N4O2. The molecule has 0 radical (unpaired) electrons. The SMILES string of the molecule is Cc1c(C#N)nn(-c2ccccc2)c1NC(=O)COC(C)C. The summed E-state index contributed by atoms with van der Waals surface area (Å²) in [5, 5.41) is 16.2. The molecule has 0 fully saturated rings. The Kier molecular flexibility index (Phi) is 4.92. The van der Waals surface area contributed by atoms with Gasteiger partial charge in [0.1, 0.15) is 18.5 Å². The van der Waals surface area contributed by atoms with Crippen molar-refractivity contribution in [2.75, 3.05) is 11.9 Å². The highest BCUT2D eigenvalue weighted by molar-refractivity contribution is 5.92. The van der Waals surface area contributed by atoms with E-state index in [1.807, 2.05) is 50.2 Å². The Labute approximate surface area is 129 Å². The van der Waals surface area contributed by atoms with Gasteiger partial charge in [0.25, 0.3) is 5.91 Å². The van der Waals surface area contributed by atoms with Crippen LogP contribution in [0.1, 0.15) is 25.1 Å². The molecule has 0 saturated heterocycles. The first-order chi connectivity index (χ1) is 10.5. The standard InChI is InChI=1S/C16H18N4O2/c1-11(2)22-10-15(21)18-16-12(3)14(9-17)19-20(16)13-7-5-4-6-8-13/h4-8,11H,10H2,1-3H3,(H,18,21). The molecule has 6 heteroatoms. The molecule has 0 unspecified atom stereocenters. The minimum atomic E-state index is -0.279. The summed E-state index contributed by atoms with van der Waals surface area (Å²) in [6, 6.07) is 11.4. The fourth-order valence-electron chi connectivity index (χ4n) is 1.92. The third-order valence-electron chi connectivity index (χ3n) is 3.03. The first-order valence-electron chi connectivity index (χ1n) is 6.99. The Morgan fingerprint density at radius 1 is 1.41 bits per heavy atom. The Morgan fingerprint density at radius 3 is 2.68 bits per heavy atom. The minimum absolute atomic E-state index is 0.0273. The maximum Gasteiger partial charge on any atom is 0.251 e. The topological polar surface area (TPSA) is 79.9 Å². The molecule has 6 nitrogen and oxygen atoms in total. The van der Waals surface area contributed by atoms with Crippen LogP contribution in [0.25, 0.3) is 5.69 Å². The van der Waals surface area contributed by atoms with Crippen molar-refractivity contribution in [3.63, 3.8) is 0 Å². The van der Waals surface area contributed by atoms with Crippen molar-refractivity contribution >= 4 is 11.7 Å².